The molecule has 1 fully saturated rings. The van der Waals surface area contributed by atoms with Gasteiger partial charge in [0.1, 0.15) is 11.4 Å². The van der Waals surface area contributed by atoms with Crippen LogP contribution >= 0.6 is 0 Å². The van der Waals surface area contributed by atoms with E-state index >= 15 is 0 Å². The van der Waals surface area contributed by atoms with Gasteiger partial charge in [-0.15, -0.1) is 0 Å². The number of benzene rings is 1. The van der Waals surface area contributed by atoms with E-state index < -0.39 is 0 Å². The molecule has 2 heterocycles. The predicted octanol–water partition coefficient (Wildman–Crippen LogP) is 3.74. The van der Waals surface area contributed by atoms with Crippen LogP contribution in [0.5, 0.6) is 5.88 Å². The van der Waals surface area contributed by atoms with E-state index in [2.05, 4.69) is 9.88 Å². The first-order valence-corrected chi connectivity index (χ1v) is 11.3. The molecule has 166 valence electrons. The maximum absolute atomic E-state index is 13.1. The average Bonchev–Trinajstić information content (AvgIpc) is 3.25. The molecule has 2 aliphatic rings. The number of aromatic nitrogens is 1. The molecule has 0 unspecified atom stereocenters. The molecule has 0 N–H and O–H groups in total. The van der Waals surface area contributed by atoms with Gasteiger partial charge < -0.3 is 14.5 Å². The molecule has 0 atom stereocenters. The normalized spacial score (nSPS) is 16.9. The van der Waals surface area contributed by atoms with E-state index in [1.807, 2.05) is 30.1 Å². The van der Waals surface area contributed by atoms with E-state index in [1.165, 1.54) is 23.3 Å². The summed E-state index contributed by atoms with van der Waals surface area (Å²) in [6.45, 7) is 3.82. The summed E-state index contributed by atoms with van der Waals surface area (Å²) in [5, 5.41) is 0. The van der Waals surface area contributed by atoms with Gasteiger partial charge in [0, 0.05) is 25.8 Å². The Morgan fingerprint density at radius 2 is 1.97 bits per heavy atom. The van der Waals surface area contributed by atoms with Crippen LogP contribution in [0.15, 0.2) is 30.3 Å². The molecule has 1 aliphatic carbocycles. The van der Waals surface area contributed by atoms with Crippen molar-refractivity contribution >= 4 is 5.91 Å². The van der Waals surface area contributed by atoms with Gasteiger partial charge in [0.15, 0.2) is 0 Å². The Balaban J connectivity index is 1.27. The minimum absolute atomic E-state index is 0.00205. The number of aryl methyl sites for hydroxylation is 2. The van der Waals surface area contributed by atoms with Gasteiger partial charge in [-0.25, -0.2) is 9.37 Å². The van der Waals surface area contributed by atoms with Crippen LogP contribution in [0.3, 0.4) is 0 Å². The lowest BCUT2D eigenvalue weighted by molar-refractivity contribution is 0.0736. The third-order valence-electron chi connectivity index (χ3n) is 6.66. The fraction of sp³-hybridized carbons (Fsp3) is 0.520. The Labute approximate surface area is 184 Å². The summed E-state index contributed by atoms with van der Waals surface area (Å²) in [4.78, 5) is 22.0. The van der Waals surface area contributed by atoms with Crippen molar-refractivity contribution in [3.05, 3.63) is 58.5 Å². The number of carbonyl (C=O) groups is 1. The van der Waals surface area contributed by atoms with Gasteiger partial charge in [-0.2, -0.15) is 0 Å². The standard InChI is InChI=1S/C25H32FN3O2/c1-28(25(30)22-16-20-4-3-5-23(20)27-24(22)31-2)17-19-11-14-29(15-12-19)13-10-18-6-8-21(26)9-7-18/h6-9,16,19H,3-5,10-15,17H2,1-2H3. The number of fused-ring (bicyclic) bond motifs is 1. The van der Waals surface area contributed by atoms with Crippen molar-refractivity contribution in [2.75, 3.05) is 40.3 Å². The number of rotatable bonds is 7. The lowest BCUT2D eigenvalue weighted by atomic mass is 9.95. The maximum atomic E-state index is 13.1. The Morgan fingerprint density at radius 3 is 2.68 bits per heavy atom. The second kappa shape index (κ2) is 9.77. The molecule has 1 aromatic heterocycles. The van der Waals surface area contributed by atoms with E-state index in [9.17, 15) is 9.18 Å². The SMILES string of the molecule is COc1nc2c(cc1C(=O)N(C)CC1CCN(CCc3ccc(F)cc3)CC1)CCC2. The molecule has 31 heavy (non-hydrogen) atoms. The fourth-order valence-electron chi connectivity index (χ4n) is 4.77. The number of carbonyl (C=O) groups excluding carboxylic acids is 1. The number of hydrogen-bond donors (Lipinski definition) is 0. The van der Waals surface area contributed by atoms with Gasteiger partial charge in [-0.05, 0) is 86.9 Å². The zero-order chi connectivity index (χ0) is 21.8. The molecule has 1 saturated heterocycles. The first-order valence-electron chi connectivity index (χ1n) is 11.3. The molecule has 1 aliphatic heterocycles. The highest BCUT2D eigenvalue weighted by Crippen LogP contribution is 2.28. The minimum Gasteiger partial charge on any atom is -0.480 e. The number of halogens is 1. The third-order valence-corrected chi connectivity index (χ3v) is 6.66. The van der Waals surface area contributed by atoms with Crippen LogP contribution in [-0.4, -0.2) is 61.0 Å². The second-order valence-electron chi connectivity index (χ2n) is 8.85. The van der Waals surface area contributed by atoms with Crippen LogP contribution in [0.25, 0.3) is 0 Å². The molecular weight excluding hydrogens is 393 g/mol. The molecular formula is C25H32FN3O2. The molecule has 0 spiro atoms. The molecule has 2 aromatic rings. The van der Waals surface area contributed by atoms with Crippen molar-refractivity contribution < 1.29 is 13.9 Å². The highest BCUT2D eigenvalue weighted by molar-refractivity contribution is 5.96. The Bertz CT molecular complexity index is 908. The number of nitrogens with zero attached hydrogens (tertiary/aromatic N) is 3. The van der Waals surface area contributed by atoms with Crippen LogP contribution in [0, 0.1) is 11.7 Å². The average molecular weight is 426 g/mol. The van der Waals surface area contributed by atoms with Crippen LogP contribution in [0.4, 0.5) is 4.39 Å². The van der Waals surface area contributed by atoms with E-state index in [0.717, 1.165) is 70.4 Å². The molecule has 5 nitrogen and oxygen atoms in total. The zero-order valence-electron chi connectivity index (χ0n) is 18.6. The summed E-state index contributed by atoms with van der Waals surface area (Å²) in [5.74, 6) is 0.770. The number of pyridine rings is 1. The van der Waals surface area contributed by atoms with E-state index in [0.29, 0.717) is 17.4 Å². The lowest BCUT2D eigenvalue weighted by Crippen LogP contribution is -2.40. The molecule has 0 saturated carbocycles. The van der Waals surface area contributed by atoms with Crippen molar-refractivity contribution in [3.8, 4) is 5.88 Å². The topological polar surface area (TPSA) is 45.7 Å². The highest BCUT2D eigenvalue weighted by Gasteiger charge is 2.26. The van der Waals surface area contributed by atoms with Gasteiger partial charge in [-0.3, -0.25) is 4.79 Å². The monoisotopic (exact) mass is 425 g/mol. The van der Waals surface area contributed by atoms with E-state index in [-0.39, 0.29) is 11.7 Å². The summed E-state index contributed by atoms with van der Waals surface area (Å²) >= 11 is 0. The maximum Gasteiger partial charge on any atom is 0.259 e. The van der Waals surface area contributed by atoms with Crippen molar-refractivity contribution in [1.82, 2.24) is 14.8 Å². The summed E-state index contributed by atoms with van der Waals surface area (Å²) in [6, 6.07) is 8.78. The van der Waals surface area contributed by atoms with Crippen molar-refractivity contribution in [1.29, 1.82) is 0 Å². The van der Waals surface area contributed by atoms with E-state index in [1.54, 1.807) is 7.11 Å². The van der Waals surface area contributed by atoms with Gasteiger partial charge in [0.2, 0.25) is 5.88 Å². The number of likely N-dealkylation sites (tertiary alicyclic amines) is 1. The van der Waals surface area contributed by atoms with Crippen LogP contribution in [0.1, 0.15) is 46.4 Å². The largest absolute Gasteiger partial charge is 0.480 e. The smallest absolute Gasteiger partial charge is 0.259 e. The lowest BCUT2D eigenvalue weighted by Gasteiger charge is -2.34. The van der Waals surface area contributed by atoms with Gasteiger partial charge in [0.25, 0.3) is 5.91 Å². The predicted molar refractivity (Wildman–Crippen MR) is 119 cm³/mol. The minimum atomic E-state index is -0.184. The Kier molecular flexibility index (Phi) is 6.86. The van der Waals surface area contributed by atoms with Gasteiger partial charge >= 0.3 is 0 Å². The summed E-state index contributed by atoms with van der Waals surface area (Å²) in [7, 11) is 3.47. The summed E-state index contributed by atoms with van der Waals surface area (Å²) in [6.07, 6.45) is 6.16. The first kappa shape index (κ1) is 21.8. The fourth-order valence-corrected chi connectivity index (χ4v) is 4.77. The molecule has 6 heteroatoms. The molecule has 4 rings (SSSR count). The molecule has 0 radical (unpaired) electrons. The number of amides is 1. The Morgan fingerprint density at radius 1 is 1.23 bits per heavy atom. The first-order chi connectivity index (χ1) is 15.0. The third kappa shape index (κ3) is 5.24. The number of ether oxygens (including phenoxy) is 1. The van der Waals surface area contributed by atoms with Crippen LogP contribution < -0.4 is 4.74 Å². The molecule has 1 aromatic carbocycles. The van der Waals surface area contributed by atoms with Crippen LogP contribution in [0.2, 0.25) is 0 Å². The van der Waals surface area contributed by atoms with Crippen LogP contribution in [-0.2, 0) is 19.3 Å². The molecule has 1 amide bonds. The number of piperidine rings is 1. The number of methoxy groups -OCH3 is 1. The van der Waals surface area contributed by atoms with Crippen molar-refractivity contribution in [2.45, 2.75) is 38.5 Å². The van der Waals surface area contributed by atoms with Gasteiger partial charge in [0.05, 0.1) is 7.11 Å². The molecule has 0 bridgehead atoms. The van der Waals surface area contributed by atoms with Crippen molar-refractivity contribution in [2.24, 2.45) is 5.92 Å². The number of hydrogen-bond acceptors (Lipinski definition) is 4. The van der Waals surface area contributed by atoms with Crippen molar-refractivity contribution in [3.63, 3.8) is 0 Å². The second-order valence-corrected chi connectivity index (χ2v) is 8.85. The quantitative estimate of drug-likeness (QED) is 0.678. The Hall–Kier alpha value is -2.47. The summed E-state index contributed by atoms with van der Waals surface area (Å²) in [5.41, 5.74) is 4.02. The summed E-state index contributed by atoms with van der Waals surface area (Å²) < 4.78 is 18.5. The van der Waals surface area contributed by atoms with E-state index in [4.69, 9.17) is 4.74 Å². The zero-order valence-corrected chi connectivity index (χ0v) is 18.6. The highest BCUT2D eigenvalue weighted by atomic mass is 19.1. The van der Waals surface area contributed by atoms with Gasteiger partial charge in [-0.1, -0.05) is 12.1 Å².